The first kappa shape index (κ1) is 16.0. The maximum atomic E-state index is 12.9. The van der Waals surface area contributed by atoms with E-state index < -0.39 is 0 Å². The Kier molecular flexibility index (Phi) is 5.34. The third-order valence-electron chi connectivity index (χ3n) is 4.63. The van der Waals surface area contributed by atoms with E-state index in [9.17, 15) is 4.79 Å². The molecule has 2 N–H and O–H groups in total. The smallest absolute Gasteiger partial charge is 0.255 e. The van der Waals surface area contributed by atoms with Gasteiger partial charge in [0.2, 0.25) is 0 Å². The number of carbonyl (C=O) groups excluding carboxylic acids is 1. The topological polar surface area (TPSA) is 59.2 Å². The van der Waals surface area contributed by atoms with Gasteiger partial charge in [-0.3, -0.25) is 9.78 Å². The fourth-order valence-corrected chi connectivity index (χ4v) is 3.47. The average molecular weight is 289 g/mol. The van der Waals surface area contributed by atoms with Crippen LogP contribution in [0, 0.1) is 19.8 Å². The lowest BCUT2D eigenvalue weighted by atomic mass is 9.83. The number of amides is 1. The summed E-state index contributed by atoms with van der Waals surface area (Å²) >= 11 is 0. The lowest BCUT2D eigenvalue weighted by Gasteiger charge is -2.39. The number of hydrogen-bond donors (Lipinski definition) is 1. The summed E-state index contributed by atoms with van der Waals surface area (Å²) in [5.74, 6) is 0.536. The predicted molar refractivity (Wildman–Crippen MR) is 85.2 cm³/mol. The van der Waals surface area contributed by atoms with Crippen molar-refractivity contribution >= 4 is 5.91 Å². The van der Waals surface area contributed by atoms with Crippen molar-refractivity contribution in [1.29, 1.82) is 0 Å². The third-order valence-corrected chi connectivity index (χ3v) is 4.63. The fraction of sp³-hybridized carbons (Fsp3) is 0.647. The molecule has 116 valence electrons. The first-order valence-electron chi connectivity index (χ1n) is 8.03. The van der Waals surface area contributed by atoms with Crippen molar-refractivity contribution in [3.63, 3.8) is 0 Å². The Balaban J connectivity index is 2.25. The Hall–Kier alpha value is -1.42. The van der Waals surface area contributed by atoms with E-state index in [1.807, 2.05) is 30.9 Å². The summed E-state index contributed by atoms with van der Waals surface area (Å²) in [6, 6.07) is 4.10. The molecule has 4 heteroatoms. The third kappa shape index (κ3) is 3.43. The van der Waals surface area contributed by atoms with Gasteiger partial charge in [-0.25, -0.2) is 0 Å². The van der Waals surface area contributed by atoms with Gasteiger partial charge in [0.1, 0.15) is 0 Å². The van der Waals surface area contributed by atoms with Gasteiger partial charge in [-0.1, -0.05) is 12.8 Å². The Labute approximate surface area is 127 Å². The number of aromatic nitrogens is 1. The molecule has 1 saturated carbocycles. The Morgan fingerprint density at radius 1 is 1.33 bits per heavy atom. The Morgan fingerprint density at radius 3 is 2.67 bits per heavy atom. The number of rotatable bonds is 4. The molecule has 1 aromatic heterocycles. The van der Waals surface area contributed by atoms with Crippen LogP contribution < -0.4 is 5.73 Å². The summed E-state index contributed by atoms with van der Waals surface area (Å²) in [4.78, 5) is 19.3. The van der Waals surface area contributed by atoms with Crippen LogP contribution in [0.15, 0.2) is 12.1 Å². The highest BCUT2D eigenvalue weighted by atomic mass is 16.2. The molecule has 0 radical (unpaired) electrons. The quantitative estimate of drug-likeness (QED) is 0.927. The van der Waals surface area contributed by atoms with Crippen molar-refractivity contribution in [3.05, 3.63) is 29.1 Å². The number of pyridine rings is 1. The van der Waals surface area contributed by atoms with Gasteiger partial charge in [0, 0.05) is 18.3 Å². The molecule has 2 rings (SSSR count). The maximum Gasteiger partial charge on any atom is 0.255 e. The molecular formula is C17H27N3O. The van der Waals surface area contributed by atoms with Crippen LogP contribution in [0.3, 0.4) is 0 Å². The van der Waals surface area contributed by atoms with E-state index in [2.05, 4.69) is 11.9 Å². The highest BCUT2D eigenvalue weighted by Gasteiger charge is 2.32. The zero-order valence-electron chi connectivity index (χ0n) is 13.4. The van der Waals surface area contributed by atoms with E-state index >= 15 is 0 Å². The molecule has 0 aliphatic heterocycles. The standard InChI is InChI=1S/C17H27N3O/c1-4-20(16-8-6-5-7-14(16)11-18)17(21)15-10-9-12(2)19-13(15)3/h9-10,14,16H,4-8,11,18H2,1-3H3. The number of hydrogen-bond acceptors (Lipinski definition) is 3. The van der Waals surface area contributed by atoms with Crippen molar-refractivity contribution in [1.82, 2.24) is 9.88 Å². The molecule has 1 aliphatic carbocycles. The first-order valence-corrected chi connectivity index (χ1v) is 8.03. The van der Waals surface area contributed by atoms with Gasteiger partial charge in [-0.2, -0.15) is 0 Å². The molecule has 4 nitrogen and oxygen atoms in total. The molecule has 1 fully saturated rings. The van der Waals surface area contributed by atoms with Gasteiger partial charge < -0.3 is 10.6 Å². The second kappa shape index (κ2) is 7.03. The van der Waals surface area contributed by atoms with Gasteiger partial charge >= 0.3 is 0 Å². The molecule has 21 heavy (non-hydrogen) atoms. The minimum Gasteiger partial charge on any atom is -0.336 e. The predicted octanol–water partition coefficient (Wildman–Crippen LogP) is 2.68. The zero-order chi connectivity index (χ0) is 15.4. The van der Waals surface area contributed by atoms with E-state index in [4.69, 9.17) is 5.73 Å². The van der Waals surface area contributed by atoms with Crippen molar-refractivity contribution in [3.8, 4) is 0 Å². The Morgan fingerprint density at radius 2 is 2.05 bits per heavy atom. The van der Waals surface area contributed by atoms with Crippen LogP contribution in [-0.4, -0.2) is 34.9 Å². The molecule has 2 atom stereocenters. The van der Waals surface area contributed by atoms with E-state index in [1.165, 1.54) is 12.8 Å². The van der Waals surface area contributed by atoms with E-state index in [1.54, 1.807) is 0 Å². The number of nitrogens with two attached hydrogens (primary N) is 1. The number of aryl methyl sites for hydroxylation is 2. The minimum atomic E-state index is 0.104. The van der Waals surface area contributed by atoms with Gasteiger partial charge in [0.25, 0.3) is 5.91 Å². The van der Waals surface area contributed by atoms with E-state index in [-0.39, 0.29) is 11.9 Å². The first-order chi connectivity index (χ1) is 10.1. The van der Waals surface area contributed by atoms with Gasteiger partial charge in [-0.15, -0.1) is 0 Å². The second-order valence-corrected chi connectivity index (χ2v) is 6.02. The van der Waals surface area contributed by atoms with E-state index in [0.717, 1.165) is 36.3 Å². The van der Waals surface area contributed by atoms with Gasteiger partial charge in [0.05, 0.1) is 11.3 Å². The molecule has 0 spiro atoms. The van der Waals surface area contributed by atoms with Gasteiger partial charge in [-0.05, 0) is 58.2 Å². The van der Waals surface area contributed by atoms with Crippen LogP contribution in [0.4, 0.5) is 0 Å². The summed E-state index contributed by atoms with van der Waals surface area (Å²) < 4.78 is 0. The maximum absolute atomic E-state index is 12.9. The molecule has 1 amide bonds. The van der Waals surface area contributed by atoms with Crippen molar-refractivity contribution in [2.45, 2.75) is 52.5 Å². The molecule has 1 aromatic rings. The summed E-state index contributed by atoms with van der Waals surface area (Å²) in [6.07, 6.45) is 4.63. The lowest BCUT2D eigenvalue weighted by molar-refractivity contribution is 0.0559. The van der Waals surface area contributed by atoms with Crippen molar-refractivity contribution in [2.75, 3.05) is 13.1 Å². The summed E-state index contributed by atoms with van der Waals surface area (Å²) in [5.41, 5.74) is 8.42. The number of carbonyl (C=O) groups is 1. The molecular weight excluding hydrogens is 262 g/mol. The summed E-state index contributed by atoms with van der Waals surface area (Å²) in [7, 11) is 0. The molecule has 0 bridgehead atoms. The monoisotopic (exact) mass is 289 g/mol. The van der Waals surface area contributed by atoms with Gasteiger partial charge in [0.15, 0.2) is 0 Å². The highest BCUT2D eigenvalue weighted by molar-refractivity contribution is 5.95. The summed E-state index contributed by atoms with van der Waals surface area (Å²) in [6.45, 7) is 7.31. The lowest BCUT2D eigenvalue weighted by Crippen LogP contribution is -2.48. The Bertz CT molecular complexity index is 501. The normalized spacial score (nSPS) is 22.1. The second-order valence-electron chi connectivity index (χ2n) is 6.02. The minimum absolute atomic E-state index is 0.104. The number of nitrogens with zero attached hydrogens (tertiary/aromatic N) is 2. The summed E-state index contributed by atoms with van der Waals surface area (Å²) in [5, 5.41) is 0. The molecule has 2 unspecified atom stereocenters. The largest absolute Gasteiger partial charge is 0.336 e. The van der Waals surface area contributed by atoms with Crippen LogP contribution in [0.2, 0.25) is 0 Å². The van der Waals surface area contributed by atoms with Crippen LogP contribution in [-0.2, 0) is 0 Å². The molecule has 0 aromatic carbocycles. The van der Waals surface area contributed by atoms with Crippen molar-refractivity contribution in [2.24, 2.45) is 11.7 Å². The molecule has 1 heterocycles. The van der Waals surface area contributed by atoms with Crippen molar-refractivity contribution < 1.29 is 4.79 Å². The fourth-order valence-electron chi connectivity index (χ4n) is 3.47. The van der Waals surface area contributed by atoms with Crippen LogP contribution in [0.25, 0.3) is 0 Å². The zero-order valence-corrected chi connectivity index (χ0v) is 13.4. The SMILES string of the molecule is CCN(C(=O)c1ccc(C)nc1C)C1CCCCC1CN. The van der Waals surface area contributed by atoms with E-state index in [0.29, 0.717) is 12.5 Å². The average Bonchev–Trinajstić information content (AvgIpc) is 2.48. The van der Waals surface area contributed by atoms with Crippen LogP contribution in [0.5, 0.6) is 0 Å². The molecule has 1 aliphatic rings. The van der Waals surface area contributed by atoms with Crippen LogP contribution in [0.1, 0.15) is 54.4 Å². The molecule has 0 saturated heterocycles. The highest BCUT2D eigenvalue weighted by Crippen LogP contribution is 2.29. The van der Waals surface area contributed by atoms with Crippen LogP contribution >= 0.6 is 0 Å².